The Morgan fingerprint density at radius 3 is 1.92 bits per heavy atom. The van der Waals surface area contributed by atoms with E-state index in [1.165, 1.54) is 20.9 Å². The lowest BCUT2D eigenvalue weighted by molar-refractivity contribution is 0.620. The zero-order valence-electron chi connectivity index (χ0n) is 25.5. The third kappa shape index (κ3) is 4.31. The van der Waals surface area contributed by atoms with Crippen molar-refractivity contribution in [1.29, 1.82) is 0 Å². The second-order valence-electron chi connectivity index (χ2n) is 11.8. The van der Waals surface area contributed by atoms with E-state index in [0.29, 0.717) is 28.9 Å². The summed E-state index contributed by atoms with van der Waals surface area (Å²) in [5, 5.41) is 6.97. The summed E-state index contributed by atoms with van der Waals surface area (Å²) < 4.78 is 8.73. The number of thiophene rings is 1. The fraction of sp³-hybridized carbons (Fsp3) is 0. The number of hydrogen-bond acceptors (Lipinski definition) is 6. The van der Waals surface area contributed by atoms with Crippen molar-refractivity contribution in [2.45, 2.75) is 0 Å². The second-order valence-corrected chi connectivity index (χ2v) is 12.9. The van der Waals surface area contributed by atoms with Gasteiger partial charge >= 0.3 is 0 Å². The maximum atomic E-state index is 6.46. The van der Waals surface area contributed by atoms with E-state index in [2.05, 4.69) is 84.9 Å². The van der Waals surface area contributed by atoms with E-state index in [1.807, 2.05) is 60.7 Å². The minimum atomic E-state index is 0.560. The van der Waals surface area contributed by atoms with Crippen molar-refractivity contribution in [1.82, 2.24) is 19.9 Å². The Labute approximate surface area is 278 Å². The molecule has 48 heavy (non-hydrogen) atoms. The van der Waals surface area contributed by atoms with Gasteiger partial charge in [-0.05, 0) is 45.8 Å². The van der Waals surface area contributed by atoms with Crippen molar-refractivity contribution in [2.24, 2.45) is 0 Å². The molecule has 0 spiro atoms. The summed E-state index contributed by atoms with van der Waals surface area (Å²) in [7, 11) is 0. The van der Waals surface area contributed by atoms with Crippen LogP contribution in [0.3, 0.4) is 0 Å². The molecule has 0 aliphatic carbocycles. The number of hydrogen-bond donors (Lipinski definition) is 0. The van der Waals surface area contributed by atoms with E-state index >= 15 is 0 Å². The van der Waals surface area contributed by atoms with E-state index in [9.17, 15) is 0 Å². The molecule has 3 heterocycles. The van der Waals surface area contributed by atoms with E-state index in [0.717, 1.165) is 48.6 Å². The average Bonchev–Trinajstić information content (AvgIpc) is 3.75. The maximum absolute atomic E-state index is 6.46. The molecular weight excluding hydrogens is 609 g/mol. The first-order chi connectivity index (χ1) is 23.8. The van der Waals surface area contributed by atoms with E-state index in [4.69, 9.17) is 24.4 Å². The zero-order valence-corrected chi connectivity index (χ0v) is 26.3. The highest BCUT2D eigenvalue weighted by atomic mass is 32.1. The summed E-state index contributed by atoms with van der Waals surface area (Å²) in [6, 6.07) is 50.0. The molecule has 0 bridgehead atoms. The fourth-order valence-electron chi connectivity index (χ4n) is 6.68. The Kier molecular flexibility index (Phi) is 5.98. The molecule has 0 aliphatic heterocycles. The minimum Gasteiger partial charge on any atom is -0.436 e. The summed E-state index contributed by atoms with van der Waals surface area (Å²) in [5.74, 6) is 2.33. The molecule has 0 saturated carbocycles. The van der Waals surface area contributed by atoms with Crippen LogP contribution in [0.1, 0.15) is 0 Å². The summed E-state index contributed by atoms with van der Waals surface area (Å²) in [5.41, 5.74) is 5.02. The van der Waals surface area contributed by atoms with Gasteiger partial charge in [-0.15, -0.1) is 11.3 Å². The lowest BCUT2D eigenvalue weighted by Gasteiger charge is -2.11. The van der Waals surface area contributed by atoms with Gasteiger partial charge in [0, 0.05) is 42.9 Å². The lowest BCUT2D eigenvalue weighted by Crippen LogP contribution is -2.01. The molecule has 7 aromatic carbocycles. The van der Waals surface area contributed by atoms with Crippen LogP contribution in [0.25, 0.3) is 98.4 Å². The van der Waals surface area contributed by atoms with Crippen LogP contribution in [0.15, 0.2) is 150 Å². The molecular formula is C42H24N4OS. The smallest absolute Gasteiger partial charge is 0.227 e. The first-order valence-corrected chi connectivity index (χ1v) is 16.6. The molecule has 0 N–H and O–H groups in total. The number of rotatable bonds is 4. The van der Waals surface area contributed by atoms with Gasteiger partial charge in [-0.2, -0.15) is 0 Å². The standard InChI is InChI=1S/C42H24N4OS/c1-3-12-26(13-4-1)39-44-40(29-21-22-31-28(23-29)20-19-25-11-7-8-16-30(25)31)46-41(45-39)37-36-32-17-9-10-18-34(32)48-35(36)24-33-38(37)43-42(47-33)27-14-5-2-6-15-27/h1-24H. The van der Waals surface area contributed by atoms with Crippen molar-refractivity contribution in [3.8, 4) is 45.6 Å². The monoisotopic (exact) mass is 632 g/mol. The molecule has 0 atom stereocenters. The predicted octanol–water partition coefficient (Wildman–Crippen LogP) is 11.4. The Balaban J connectivity index is 1.28. The van der Waals surface area contributed by atoms with E-state index < -0.39 is 0 Å². The third-order valence-corrected chi connectivity index (χ3v) is 10.1. The minimum absolute atomic E-state index is 0.560. The van der Waals surface area contributed by atoms with Crippen LogP contribution in [0, 0.1) is 0 Å². The van der Waals surface area contributed by atoms with Crippen LogP contribution >= 0.6 is 11.3 Å². The highest BCUT2D eigenvalue weighted by Crippen LogP contribution is 2.44. The van der Waals surface area contributed by atoms with E-state index in [-0.39, 0.29) is 0 Å². The van der Waals surface area contributed by atoms with Crippen LogP contribution in [-0.2, 0) is 0 Å². The van der Waals surface area contributed by atoms with Gasteiger partial charge in [-0.1, -0.05) is 115 Å². The molecule has 0 amide bonds. The first kappa shape index (κ1) is 26.9. The van der Waals surface area contributed by atoms with Crippen LogP contribution in [0.2, 0.25) is 0 Å². The van der Waals surface area contributed by atoms with Crippen molar-refractivity contribution in [2.75, 3.05) is 0 Å². The normalized spacial score (nSPS) is 11.8. The maximum Gasteiger partial charge on any atom is 0.227 e. The van der Waals surface area contributed by atoms with E-state index in [1.54, 1.807) is 11.3 Å². The van der Waals surface area contributed by atoms with Crippen LogP contribution in [0.5, 0.6) is 0 Å². The van der Waals surface area contributed by atoms with Crippen molar-refractivity contribution in [3.05, 3.63) is 146 Å². The number of fused-ring (bicyclic) bond motifs is 7. The van der Waals surface area contributed by atoms with Crippen molar-refractivity contribution in [3.63, 3.8) is 0 Å². The zero-order chi connectivity index (χ0) is 31.6. The highest BCUT2D eigenvalue weighted by molar-refractivity contribution is 7.26. The number of benzene rings is 7. The Hall–Kier alpha value is -6.24. The average molecular weight is 633 g/mol. The van der Waals surface area contributed by atoms with Crippen LogP contribution < -0.4 is 0 Å². The highest BCUT2D eigenvalue weighted by Gasteiger charge is 2.23. The molecule has 0 saturated heterocycles. The van der Waals surface area contributed by atoms with Gasteiger partial charge in [-0.25, -0.2) is 19.9 Å². The molecule has 0 fully saturated rings. The number of nitrogens with zero attached hydrogens (tertiary/aromatic N) is 4. The van der Waals surface area contributed by atoms with Crippen LogP contribution in [-0.4, -0.2) is 19.9 Å². The lowest BCUT2D eigenvalue weighted by atomic mass is 10.00. The quantitative estimate of drug-likeness (QED) is 0.181. The molecule has 0 unspecified atom stereocenters. The SMILES string of the molecule is c1ccc(-c2nc(-c3ccc4c(ccc5ccccc54)c3)nc(-c3c4nc(-c5ccccc5)oc4cc4sc5ccccc5c34)n2)cc1. The Morgan fingerprint density at radius 1 is 0.438 bits per heavy atom. The van der Waals surface area contributed by atoms with Crippen molar-refractivity contribution >= 4 is 64.2 Å². The molecule has 224 valence electrons. The molecule has 0 aliphatic rings. The summed E-state index contributed by atoms with van der Waals surface area (Å²) in [4.78, 5) is 20.6. The molecule has 10 aromatic rings. The topological polar surface area (TPSA) is 64.7 Å². The summed E-state index contributed by atoms with van der Waals surface area (Å²) in [6.45, 7) is 0. The second kappa shape index (κ2) is 10.7. The Morgan fingerprint density at radius 2 is 1.08 bits per heavy atom. The van der Waals surface area contributed by atoms with Crippen molar-refractivity contribution < 1.29 is 4.42 Å². The van der Waals surface area contributed by atoms with Gasteiger partial charge < -0.3 is 4.42 Å². The predicted molar refractivity (Wildman–Crippen MR) is 197 cm³/mol. The van der Waals surface area contributed by atoms with Gasteiger partial charge in [0.05, 0.1) is 5.56 Å². The summed E-state index contributed by atoms with van der Waals surface area (Å²) in [6.07, 6.45) is 0. The van der Waals surface area contributed by atoms with Gasteiger partial charge in [0.1, 0.15) is 5.52 Å². The number of aromatic nitrogens is 4. The molecule has 6 heteroatoms. The van der Waals surface area contributed by atoms with Crippen LogP contribution in [0.4, 0.5) is 0 Å². The molecule has 10 rings (SSSR count). The third-order valence-electron chi connectivity index (χ3n) is 8.94. The largest absolute Gasteiger partial charge is 0.436 e. The fourth-order valence-corrected chi connectivity index (χ4v) is 7.82. The Bertz CT molecular complexity index is 2840. The molecule has 0 radical (unpaired) electrons. The summed E-state index contributed by atoms with van der Waals surface area (Å²) >= 11 is 1.73. The van der Waals surface area contributed by atoms with Gasteiger partial charge in [-0.3, -0.25) is 0 Å². The van der Waals surface area contributed by atoms with Gasteiger partial charge in [0.2, 0.25) is 5.89 Å². The van der Waals surface area contributed by atoms with Gasteiger partial charge in [0.25, 0.3) is 0 Å². The first-order valence-electron chi connectivity index (χ1n) is 15.8. The van der Waals surface area contributed by atoms with Gasteiger partial charge in [0.15, 0.2) is 23.1 Å². The molecule has 5 nitrogen and oxygen atoms in total. The molecule has 3 aromatic heterocycles. The number of oxazole rings is 1.